The van der Waals surface area contributed by atoms with Crippen LogP contribution < -0.4 is 5.73 Å². The average molecular weight is 631 g/mol. The van der Waals surface area contributed by atoms with Crippen molar-refractivity contribution in [2.45, 2.75) is 148 Å². The summed E-state index contributed by atoms with van der Waals surface area (Å²) in [7, 11) is 0. The number of nitrogens with two attached hydrogens (primary N) is 1. The Kier molecular flexibility index (Phi) is 7.18. The lowest BCUT2D eigenvalue weighted by Gasteiger charge is -2.64. The molecule has 45 heavy (non-hydrogen) atoms. The summed E-state index contributed by atoms with van der Waals surface area (Å²) in [4.78, 5) is 2.51. The van der Waals surface area contributed by atoms with Gasteiger partial charge in [-0.15, -0.1) is 0 Å². The standard InChI is InChI=1S/C37H62N2O6/c1-21-16-23(30(38)33(4,5)41)44-29-28(21)34(6)12-13-37-20-36(37)11-10-26(45-27-17-39(14-15-43-27)22-18-42-19-22)32(2,3)24(36)8-9-25(37)35(34,7)31(29)40/h21-31,40-41H,8-20,38H2,1-7H3/t21-,23-,24+,25+,26?,27?,28+,29+,30+,31+,34-,35-,36-,37+/m1/s1. The monoisotopic (exact) mass is 630 g/mol. The average Bonchev–Trinajstić information content (AvgIpc) is 3.57. The predicted octanol–water partition coefficient (Wildman–Crippen LogP) is 4.34. The summed E-state index contributed by atoms with van der Waals surface area (Å²) in [5, 5.41) is 23.2. The van der Waals surface area contributed by atoms with Gasteiger partial charge in [-0.1, -0.05) is 34.6 Å². The SMILES string of the molecule is C[C@@H]1C[C@H]([C@H](N)C(C)(C)O)O[C@H]2[C@H]1[C@@]1(C)CC[C@@]34C[C@@]35CCC(OC3CN(C6COC6)CCO3)C(C)(C)[C@@H]5CC[C@H]4[C@]1(C)[C@H]2O. The fraction of sp³-hybridized carbons (Fsp3) is 1.00. The Morgan fingerprint density at radius 2 is 1.71 bits per heavy atom. The van der Waals surface area contributed by atoms with Crippen LogP contribution in [-0.4, -0.2) is 96.4 Å². The molecule has 0 bridgehead atoms. The van der Waals surface area contributed by atoms with Gasteiger partial charge in [-0.05, 0) is 111 Å². The van der Waals surface area contributed by atoms with E-state index in [2.05, 4.69) is 39.5 Å². The first-order valence-corrected chi connectivity index (χ1v) is 18.5. The molecule has 5 aliphatic carbocycles. The third kappa shape index (κ3) is 4.12. The van der Waals surface area contributed by atoms with Gasteiger partial charge >= 0.3 is 0 Å². The zero-order chi connectivity index (χ0) is 31.9. The Balaban J connectivity index is 1.03. The summed E-state index contributed by atoms with van der Waals surface area (Å²) in [5.41, 5.74) is 6.15. The van der Waals surface area contributed by atoms with Crippen molar-refractivity contribution in [3.63, 3.8) is 0 Å². The smallest absolute Gasteiger partial charge is 0.170 e. The van der Waals surface area contributed by atoms with E-state index in [0.29, 0.717) is 40.5 Å². The molecule has 3 saturated heterocycles. The van der Waals surface area contributed by atoms with Crippen LogP contribution in [0.15, 0.2) is 0 Å². The van der Waals surface area contributed by atoms with Gasteiger partial charge in [0.25, 0.3) is 0 Å². The molecule has 8 fully saturated rings. The molecule has 8 heteroatoms. The zero-order valence-electron chi connectivity index (χ0n) is 29.1. The number of hydrogen-bond donors (Lipinski definition) is 3. The fourth-order valence-electron chi connectivity index (χ4n) is 13.9. The van der Waals surface area contributed by atoms with Crippen LogP contribution >= 0.6 is 0 Å². The molecule has 3 heterocycles. The molecule has 8 nitrogen and oxygen atoms in total. The molecule has 0 radical (unpaired) electrons. The highest BCUT2D eigenvalue weighted by Crippen LogP contribution is 2.89. The van der Waals surface area contributed by atoms with Crippen molar-refractivity contribution in [3.05, 3.63) is 0 Å². The Morgan fingerprint density at radius 1 is 1.00 bits per heavy atom. The Morgan fingerprint density at radius 3 is 2.40 bits per heavy atom. The van der Waals surface area contributed by atoms with Gasteiger partial charge in [0.2, 0.25) is 0 Å². The molecule has 0 aromatic rings. The van der Waals surface area contributed by atoms with Gasteiger partial charge in [0.15, 0.2) is 6.29 Å². The summed E-state index contributed by atoms with van der Waals surface area (Å²) in [5.74, 6) is 1.85. The second-order valence-electron chi connectivity index (χ2n) is 18.8. The minimum atomic E-state index is -1.02. The molecule has 4 N–H and O–H groups in total. The number of aliphatic hydroxyl groups excluding tert-OH is 1. The van der Waals surface area contributed by atoms with Crippen LogP contribution in [-0.2, 0) is 18.9 Å². The summed E-state index contributed by atoms with van der Waals surface area (Å²) >= 11 is 0. The van der Waals surface area contributed by atoms with E-state index < -0.39 is 17.7 Å². The molecule has 8 aliphatic rings. The number of nitrogens with zero attached hydrogens (tertiary/aromatic N) is 1. The van der Waals surface area contributed by atoms with Gasteiger partial charge in [0.1, 0.15) is 0 Å². The van der Waals surface area contributed by atoms with E-state index in [0.717, 1.165) is 45.8 Å². The first kappa shape index (κ1) is 31.9. The number of ether oxygens (including phenoxy) is 4. The first-order chi connectivity index (χ1) is 21.1. The minimum Gasteiger partial charge on any atom is -0.390 e. The van der Waals surface area contributed by atoms with Crippen molar-refractivity contribution in [2.24, 2.45) is 56.5 Å². The zero-order valence-corrected chi connectivity index (χ0v) is 29.1. The van der Waals surface area contributed by atoms with Crippen LogP contribution in [0.25, 0.3) is 0 Å². The molecule has 256 valence electrons. The Bertz CT molecular complexity index is 1170. The first-order valence-electron chi connectivity index (χ1n) is 18.5. The van der Waals surface area contributed by atoms with Crippen LogP contribution in [0.5, 0.6) is 0 Å². The van der Waals surface area contributed by atoms with Crippen LogP contribution in [0.3, 0.4) is 0 Å². The normalized spacial score (nSPS) is 54.9. The van der Waals surface area contributed by atoms with Crippen molar-refractivity contribution in [2.75, 3.05) is 32.9 Å². The second-order valence-corrected chi connectivity index (χ2v) is 18.8. The molecule has 3 aliphatic heterocycles. The molecule has 14 atom stereocenters. The van der Waals surface area contributed by atoms with Crippen molar-refractivity contribution in [1.29, 1.82) is 0 Å². The van der Waals surface area contributed by atoms with Crippen LogP contribution in [0.4, 0.5) is 0 Å². The van der Waals surface area contributed by atoms with Gasteiger partial charge in [0, 0.05) is 12.0 Å². The number of morpholine rings is 1. The highest BCUT2D eigenvalue weighted by molar-refractivity contribution is 5.33. The fourth-order valence-corrected chi connectivity index (χ4v) is 13.9. The molecule has 0 aromatic carbocycles. The summed E-state index contributed by atoms with van der Waals surface area (Å²) in [6.07, 6.45) is 8.44. The maximum absolute atomic E-state index is 12.5. The van der Waals surface area contributed by atoms with Crippen molar-refractivity contribution >= 4 is 0 Å². The van der Waals surface area contributed by atoms with Crippen LogP contribution in [0.1, 0.15) is 99.8 Å². The van der Waals surface area contributed by atoms with Crippen molar-refractivity contribution in [1.82, 2.24) is 4.90 Å². The lowest BCUT2D eigenvalue weighted by atomic mass is 9.41. The van der Waals surface area contributed by atoms with E-state index in [1.54, 1.807) is 13.8 Å². The van der Waals surface area contributed by atoms with E-state index in [9.17, 15) is 10.2 Å². The molecule has 0 amide bonds. The summed E-state index contributed by atoms with van der Waals surface area (Å²) in [6.45, 7) is 20.1. The number of hydrogen-bond acceptors (Lipinski definition) is 8. The van der Waals surface area contributed by atoms with E-state index in [1.807, 2.05) is 0 Å². The maximum atomic E-state index is 12.5. The van der Waals surface area contributed by atoms with Gasteiger partial charge in [-0.2, -0.15) is 0 Å². The lowest BCUT2D eigenvalue weighted by Crippen LogP contribution is -2.60. The van der Waals surface area contributed by atoms with Gasteiger partial charge in [-0.25, -0.2) is 0 Å². The molecule has 0 aromatic heterocycles. The molecule has 2 spiro atoms. The molecular weight excluding hydrogens is 568 g/mol. The van der Waals surface area contributed by atoms with Gasteiger partial charge in [-0.3, -0.25) is 4.90 Å². The van der Waals surface area contributed by atoms with E-state index in [4.69, 9.17) is 24.7 Å². The summed E-state index contributed by atoms with van der Waals surface area (Å²) < 4.78 is 25.4. The van der Waals surface area contributed by atoms with Crippen LogP contribution in [0, 0.1) is 50.7 Å². The largest absolute Gasteiger partial charge is 0.390 e. The van der Waals surface area contributed by atoms with E-state index in [1.165, 1.54) is 38.5 Å². The Hall–Kier alpha value is -0.320. The van der Waals surface area contributed by atoms with Crippen molar-refractivity contribution in [3.8, 4) is 0 Å². The highest BCUT2D eigenvalue weighted by Gasteiger charge is 2.84. The molecule has 2 unspecified atom stereocenters. The second kappa shape index (κ2) is 10.1. The summed E-state index contributed by atoms with van der Waals surface area (Å²) in [6, 6.07) is 0.0497. The third-order valence-corrected chi connectivity index (χ3v) is 16.5. The maximum Gasteiger partial charge on any atom is 0.170 e. The Labute approximate surface area is 271 Å². The third-order valence-electron chi connectivity index (χ3n) is 16.5. The van der Waals surface area contributed by atoms with E-state index in [-0.39, 0.29) is 40.8 Å². The predicted molar refractivity (Wildman–Crippen MR) is 171 cm³/mol. The molecular formula is C37H62N2O6. The quantitative estimate of drug-likeness (QED) is 0.412. The molecule has 5 saturated carbocycles. The molecule has 8 rings (SSSR count). The van der Waals surface area contributed by atoms with Crippen molar-refractivity contribution < 1.29 is 29.2 Å². The van der Waals surface area contributed by atoms with Gasteiger partial charge in [0.05, 0.1) is 68.5 Å². The number of aliphatic hydroxyl groups is 2. The minimum absolute atomic E-state index is 0.0261. The number of rotatable bonds is 5. The van der Waals surface area contributed by atoms with Gasteiger partial charge < -0.3 is 34.9 Å². The lowest BCUT2D eigenvalue weighted by molar-refractivity contribution is -0.256. The number of fused-ring (bicyclic) bond motifs is 4. The van der Waals surface area contributed by atoms with E-state index >= 15 is 0 Å². The topological polar surface area (TPSA) is 107 Å². The highest BCUT2D eigenvalue weighted by atomic mass is 16.7. The van der Waals surface area contributed by atoms with Crippen LogP contribution in [0.2, 0.25) is 0 Å².